The van der Waals surface area contributed by atoms with Crippen molar-refractivity contribution in [3.63, 3.8) is 0 Å². The Labute approximate surface area is 195 Å². The third-order valence-corrected chi connectivity index (χ3v) is 7.42. The normalized spacial score (nSPS) is 20.2. The maximum atomic E-state index is 12.6. The Bertz CT molecular complexity index is 1090. The lowest BCUT2D eigenvalue weighted by molar-refractivity contribution is 0.0841. The van der Waals surface area contributed by atoms with E-state index >= 15 is 0 Å². The van der Waals surface area contributed by atoms with Crippen LogP contribution in [0.25, 0.3) is 0 Å². The van der Waals surface area contributed by atoms with Crippen molar-refractivity contribution in [2.75, 3.05) is 39.0 Å². The van der Waals surface area contributed by atoms with Crippen molar-refractivity contribution >= 4 is 15.9 Å². The van der Waals surface area contributed by atoms with Gasteiger partial charge in [-0.25, -0.2) is 8.42 Å². The molecule has 2 aromatic rings. The van der Waals surface area contributed by atoms with Crippen LogP contribution in [0.15, 0.2) is 48.5 Å². The summed E-state index contributed by atoms with van der Waals surface area (Å²) in [6.45, 7) is 3.09. The first-order chi connectivity index (χ1) is 15.8. The molecular formula is C24H31N3O5S. The van der Waals surface area contributed by atoms with Gasteiger partial charge in [-0.3, -0.25) is 9.69 Å². The Morgan fingerprint density at radius 2 is 1.97 bits per heavy atom. The van der Waals surface area contributed by atoms with Crippen molar-refractivity contribution in [1.82, 2.24) is 14.5 Å². The van der Waals surface area contributed by atoms with Crippen LogP contribution in [-0.2, 0) is 23.0 Å². The van der Waals surface area contributed by atoms with E-state index in [1.165, 1.54) is 21.7 Å². The van der Waals surface area contributed by atoms with Gasteiger partial charge >= 0.3 is 0 Å². The molecule has 0 radical (unpaired) electrons. The minimum Gasteiger partial charge on any atom is -0.489 e. The fraction of sp³-hybridized carbons (Fsp3) is 0.458. The molecule has 2 aromatic carbocycles. The summed E-state index contributed by atoms with van der Waals surface area (Å²) < 4.78 is 30.7. The summed E-state index contributed by atoms with van der Waals surface area (Å²) >= 11 is 0. The number of nitrogens with zero attached hydrogens (tertiary/aromatic N) is 2. The van der Waals surface area contributed by atoms with E-state index in [2.05, 4.69) is 28.4 Å². The predicted molar refractivity (Wildman–Crippen MR) is 126 cm³/mol. The molecule has 2 unspecified atom stereocenters. The molecule has 2 heterocycles. The third-order valence-electron chi connectivity index (χ3n) is 6.15. The van der Waals surface area contributed by atoms with Gasteiger partial charge in [-0.15, -0.1) is 0 Å². The van der Waals surface area contributed by atoms with Gasteiger partial charge in [-0.1, -0.05) is 30.3 Å². The number of carbonyl (C=O) groups is 1. The molecule has 178 valence electrons. The first-order valence-electron chi connectivity index (χ1n) is 11.2. The van der Waals surface area contributed by atoms with Gasteiger partial charge in [0, 0.05) is 38.3 Å². The van der Waals surface area contributed by atoms with E-state index in [9.17, 15) is 18.3 Å². The van der Waals surface area contributed by atoms with Crippen LogP contribution < -0.4 is 10.1 Å². The first kappa shape index (κ1) is 23.7. The smallest absolute Gasteiger partial charge is 0.251 e. The standard InChI is InChI=1S/C24H31N3O5S/c1-33(30,31)27-12-10-23(17-27)32-22-8-4-7-19(13-22)24(29)25-14-21(28)16-26-11-9-18-5-2-3-6-20(18)15-26/h2-8,13,21,23,28H,9-12,14-17H2,1H3,(H,25,29). The zero-order chi connectivity index (χ0) is 23.4. The predicted octanol–water partition coefficient (Wildman–Crippen LogP) is 1.25. The highest BCUT2D eigenvalue weighted by atomic mass is 32.2. The quantitative estimate of drug-likeness (QED) is 0.599. The summed E-state index contributed by atoms with van der Waals surface area (Å²) in [7, 11) is -3.23. The van der Waals surface area contributed by atoms with Gasteiger partial charge in [0.1, 0.15) is 11.9 Å². The van der Waals surface area contributed by atoms with Crippen LogP contribution in [0.5, 0.6) is 5.75 Å². The molecule has 33 heavy (non-hydrogen) atoms. The largest absolute Gasteiger partial charge is 0.489 e. The lowest BCUT2D eigenvalue weighted by Gasteiger charge is -2.30. The molecule has 2 aliphatic rings. The summed E-state index contributed by atoms with van der Waals surface area (Å²) in [5.74, 6) is 0.239. The van der Waals surface area contributed by atoms with E-state index in [4.69, 9.17) is 4.74 Å². The van der Waals surface area contributed by atoms with Crippen LogP contribution in [0.4, 0.5) is 0 Å². The van der Waals surface area contributed by atoms with Crippen molar-refractivity contribution in [3.8, 4) is 5.75 Å². The average Bonchev–Trinajstić information content (AvgIpc) is 3.27. The Hall–Kier alpha value is -2.46. The maximum absolute atomic E-state index is 12.6. The van der Waals surface area contributed by atoms with Gasteiger partial charge < -0.3 is 15.2 Å². The molecule has 4 rings (SSSR count). The van der Waals surface area contributed by atoms with Crippen LogP contribution in [0.2, 0.25) is 0 Å². The number of aliphatic hydroxyl groups is 1. The van der Waals surface area contributed by atoms with Crippen LogP contribution in [0.3, 0.4) is 0 Å². The fourth-order valence-corrected chi connectivity index (χ4v) is 5.26. The lowest BCUT2D eigenvalue weighted by Crippen LogP contribution is -2.42. The van der Waals surface area contributed by atoms with E-state index in [1.54, 1.807) is 24.3 Å². The third kappa shape index (κ3) is 6.32. The number of ether oxygens (including phenoxy) is 1. The van der Waals surface area contributed by atoms with E-state index in [1.807, 2.05) is 6.07 Å². The molecule has 8 nitrogen and oxygen atoms in total. The molecule has 1 amide bonds. The minimum absolute atomic E-state index is 0.161. The maximum Gasteiger partial charge on any atom is 0.251 e. The van der Waals surface area contributed by atoms with Crippen molar-refractivity contribution in [1.29, 1.82) is 0 Å². The zero-order valence-corrected chi connectivity index (χ0v) is 19.6. The number of hydrogen-bond acceptors (Lipinski definition) is 6. The Morgan fingerprint density at radius 1 is 1.18 bits per heavy atom. The molecular weight excluding hydrogens is 442 g/mol. The van der Waals surface area contributed by atoms with Gasteiger partial charge in [-0.2, -0.15) is 4.31 Å². The molecule has 2 N–H and O–H groups in total. The van der Waals surface area contributed by atoms with E-state index in [-0.39, 0.29) is 18.6 Å². The van der Waals surface area contributed by atoms with E-state index in [0.29, 0.717) is 37.4 Å². The number of β-amino-alcohol motifs (C(OH)–C–C–N with tert-alkyl or cyclic N) is 1. The topological polar surface area (TPSA) is 99.2 Å². The summed E-state index contributed by atoms with van der Waals surface area (Å²) in [5, 5.41) is 13.2. The molecule has 0 spiro atoms. The summed E-state index contributed by atoms with van der Waals surface area (Å²) in [4.78, 5) is 14.8. The highest BCUT2D eigenvalue weighted by molar-refractivity contribution is 7.88. The number of hydrogen-bond donors (Lipinski definition) is 2. The number of rotatable bonds is 8. The van der Waals surface area contributed by atoms with Gasteiger partial charge in [-0.05, 0) is 42.2 Å². The summed E-state index contributed by atoms with van der Waals surface area (Å²) in [5.41, 5.74) is 3.09. The zero-order valence-electron chi connectivity index (χ0n) is 18.8. The van der Waals surface area contributed by atoms with Crippen LogP contribution in [0, 0.1) is 0 Å². The molecule has 0 bridgehead atoms. The van der Waals surface area contributed by atoms with Crippen LogP contribution in [0.1, 0.15) is 27.9 Å². The Morgan fingerprint density at radius 3 is 2.73 bits per heavy atom. The molecule has 0 aromatic heterocycles. The number of fused-ring (bicyclic) bond motifs is 1. The SMILES string of the molecule is CS(=O)(=O)N1CCC(Oc2cccc(C(=O)NCC(O)CN3CCc4ccccc4C3)c2)C1. The van der Waals surface area contributed by atoms with Crippen LogP contribution >= 0.6 is 0 Å². The molecule has 1 saturated heterocycles. The number of carbonyl (C=O) groups excluding carboxylic acids is 1. The minimum atomic E-state index is -3.23. The van der Waals surface area contributed by atoms with Crippen molar-refractivity contribution in [3.05, 3.63) is 65.2 Å². The van der Waals surface area contributed by atoms with E-state index < -0.39 is 16.1 Å². The number of benzene rings is 2. The van der Waals surface area contributed by atoms with Gasteiger partial charge in [0.15, 0.2) is 0 Å². The van der Waals surface area contributed by atoms with E-state index in [0.717, 1.165) is 19.5 Å². The lowest BCUT2D eigenvalue weighted by atomic mass is 10.00. The fourth-order valence-electron chi connectivity index (χ4n) is 4.38. The molecule has 9 heteroatoms. The van der Waals surface area contributed by atoms with Crippen LogP contribution in [-0.4, -0.2) is 79.8 Å². The second-order valence-corrected chi connectivity index (χ2v) is 10.8. The van der Waals surface area contributed by atoms with Gasteiger partial charge in [0.2, 0.25) is 10.0 Å². The van der Waals surface area contributed by atoms with Crippen molar-refractivity contribution in [2.24, 2.45) is 0 Å². The molecule has 0 saturated carbocycles. The second kappa shape index (κ2) is 10.2. The number of amides is 1. The first-order valence-corrected chi connectivity index (χ1v) is 13.1. The molecule has 0 aliphatic carbocycles. The van der Waals surface area contributed by atoms with Crippen molar-refractivity contribution in [2.45, 2.75) is 31.6 Å². The number of sulfonamides is 1. The molecule has 2 atom stereocenters. The highest BCUT2D eigenvalue weighted by Crippen LogP contribution is 2.21. The Kier molecular flexibility index (Phi) is 7.33. The molecule has 1 fully saturated rings. The monoisotopic (exact) mass is 473 g/mol. The van der Waals surface area contributed by atoms with Gasteiger partial charge in [0.25, 0.3) is 5.91 Å². The second-order valence-electron chi connectivity index (χ2n) is 8.80. The summed E-state index contributed by atoms with van der Waals surface area (Å²) in [6.07, 6.45) is 1.86. The number of aliphatic hydroxyl groups excluding tert-OH is 1. The molecule has 2 aliphatic heterocycles. The van der Waals surface area contributed by atoms with Crippen molar-refractivity contribution < 1.29 is 23.1 Å². The number of nitrogens with one attached hydrogen (secondary N) is 1. The average molecular weight is 474 g/mol. The van der Waals surface area contributed by atoms with Gasteiger partial charge in [0.05, 0.1) is 18.9 Å². The summed E-state index contributed by atoms with van der Waals surface area (Å²) in [6, 6.07) is 15.2. The Balaban J connectivity index is 1.25. The highest BCUT2D eigenvalue weighted by Gasteiger charge is 2.30.